The zero-order valence-corrected chi connectivity index (χ0v) is 11.5. The lowest BCUT2D eigenvalue weighted by Gasteiger charge is -2.25. The molecule has 1 aromatic rings. The van der Waals surface area contributed by atoms with Crippen LogP contribution in [0.1, 0.15) is 11.1 Å². The first-order valence-corrected chi connectivity index (χ1v) is 7.81. The second-order valence-electron chi connectivity index (χ2n) is 4.94. The van der Waals surface area contributed by atoms with Crippen LogP contribution in [0.3, 0.4) is 0 Å². The van der Waals surface area contributed by atoms with Gasteiger partial charge in [0.25, 0.3) is 0 Å². The van der Waals surface area contributed by atoms with E-state index in [2.05, 4.69) is 6.07 Å². The van der Waals surface area contributed by atoms with Gasteiger partial charge in [0, 0.05) is 6.54 Å². The fourth-order valence-corrected chi connectivity index (χ4v) is 4.25. The Balaban J connectivity index is 2.09. The second kappa shape index (κ2) is 5.29. The van der Waals surface area contributed by atoms with E-state index in [0.717, 1.165) is 5.56 Å². The Bertz CT molecular complexity index is 607. The van der Waals surface area contributed by atoms with Crippen LogP contribution in [0.2, 0.25) is 0 Å². The zero-order chi connectivity index (χ0) is 14.0. The van der Waals surface area contributed by atoms with Gasteiger partial charge in [0.1, 0.15) is 0 Å². The van der Waals surface area contributed by atoms with Crippen molar-refractivity contribution in [1.29, 1.82) is 5.26 Å². The normalized spacial score (nSPS) is 25.4. The van der Waals surface area contributed by atoms with Crippen LogP contribution in [0.15, 0.2) is 24.3 Å². The molecule has 2 rings (SSSR count). The number of nitriles is 1. The minimum atomic E-state index is -3.14. The standard InChI is InChI=1S/C13H16N2O3S/c1-15(12-8-19(17,18)9-13(12)16)7-11-4-2-3-10(5-11)6-14/h2-5,12-13,16H,7-9H2,1H3. The molecule has 19 heavy (non-hydrogen) atoms. The Morgan fingerprint density at radius 2 is 2.21 bits per heavy atom. The predicted molar refractivity (Wildman–Crippen MR) is 71.1 cm³/mol. The second-order valence-corrected chi connectivity index (χ2v) is 7.09. The van der Waals surface area contributed by atoms with E-state index >= 15 is 0 Å². The van der Waals surface area contributed by atoms with E-state index in [0.29, 0.717) is 12.1 Å². The molecule has 0 aliphatic carbocycles. The number of hydrogen-bond acceptors (Lipinski definition) is 5. The molecule has 1 aliphatic heterocycles. The van der Waals surface area contributed by atoms with Crippen molar-refractivity contribution in [1.82, 2.24) is 4.90 Å². The molecule has 1 saturated heterocycles. The third-order valence-corrected chi connectivity index (χ3v) is 5.05. The highest BCUT2D eigenvalue weighted by Gasteiger charge is 2.38. The molecule has 1 aliphatic rings. The van der Waals surface area contributed by atoms with E-state index < -0.39 is 15.9 Å². The lowest BCUT2D eigenvalue weighted by molar-refractivity contribution is 0.0958. The zero-order valence-electron chi connectivity index (χ0n) is 10.7. The van der Waals surface area contributed by atoms with Crippen LogP contribution in [-0.2, 0) is 16.4 Å². The topological polar surface area (TPSA) is 81.4 Å². The molecule has 6 heteroatoms. The molecule has 1 N–H and O–H groups in total. The number of aliphatic hydroxyl groups excluding tert-OH is 1. The summed E-state index contributed by atoms with van der Waals surface area (Å²) in [5.74, 6) is -0.178. The minimum Gasteiger partial charge on any atom is -0.390 e. The van der Waals surface area contributed by atoms with Crippen molar-refractivity contribution in [2.75, 3.05) is 18.6 Å². The maximum Gasteiger partial charge on any atom is 0.154 e. The molecule has 0 bridgehead atoms. The van der Waals surface area contributed by atoms with E-state index in [9.17, 15) is 13.5 Å². The van der Waals surface area contributed by atoms with Gasteiger partial charge in [0.05, 0.1) is 35.3 Å². The van der Waals surface area contributed by atoms with Gasteiger partial charge in [0.15, 0.2) is 9.84 Å². The summed E-state index contributed by atoms with van der Waals surface area (Å²) < 4.78 is 23.0. The average molecular weight is 280 g/mol. The molecular weight excluding hydrogens is 264 g/mol. The monoisotopic (exact) mass is 280 g/mol. The van der Waals surface area contributed by atoms with Crippen molar-refractivity contribution in [3.8, 4) is 6.07 Å². The summed E-state index contributed by atoms with van der Waals surface area (Å²) >= 11 is 0. The smallest absolute Gasteiger partial charge is 0.154 e. The number of benzene rings is 1. The number of likely N-dealkylation sites (N-methyl/N-ethyl adjacent to an activating group) is 1. The molecule has 0 aromatic heterocycles. The summed E-state index contributed by atoms with van der Waals surface area (Å²) in [6, 6.07) is 8.86. The van der Waals surface area contributed by atoms with Gasteiger partial charge in [-0.05, 0) is 24.7 Å². The van der Waals surface area contributed by atoms with Crippen LogP contribution in [0, 0.1) is 11.3 Å². The number of hydrogen-bond donors (Lipinski definition) is 1. The van der Waals surface area contributed by atoms with E-state index in [1.165, 1.54) is 0 Å². The summed E-state index contributed by atoms with van der Waals surface area (Å²) in [5.41, 5.74) is 1.50. The Kier molecular flexibility index (Phi) is 3.90. The molecule has 1 fully saturated rings. The van der Waals surface area contributed by atoms with E-state index in [-0.39, 0.29) is 17.5 Å². The maximum absolute atomic E-state index is 11.5. The lowest BCUT2D eigenvalue weighted by atomic mass is 10.1. The summed E-state index contributed by atoms with van der Waals surface area (Å²) in [7, 11) is -1.35. The molecule has 102 valence electrons. The summed E-state index contributed by atoms with van der Waals surface area (Å²) in [5, 5.41) is 18.6. The van der Waals surface area contributed by atoms with Gasteiger partial charge in [-0.15, -0.1) is 0 Å². The van der Waals surface area contributed by atoms with Crippen molar-refractivity contribution in [3.63, 3.8) is 0 Å². The molecule has 2 unspecified atom stereocenters. The molecule has 0 saturated carbocycles. The van der Waals surface area contributed by atoms with Crippen LogP contribution in [-0.4, -0.2) is 49.1 Å². The first-order valence-electron chi connectivity index (χ1n) is 5.99. The van der Waals surface area contributed by atoms with Crippen molar-refractivity contribution in [3.05, 3.63) is 35.4 Å². The lowest BCUT2D eigenvalue weighted by Crippen LogP contribution is -2.40. The number of aliphatic hydroxyl groups is 1. The van der Waals surface area contributed by atoms with Crippen molar-refractivity contribution in [2.24, 2.45) is 0 Å². The third-order valence-electron chi connectivity index (χ3n) is 3.35. The molecular formula is C13H16N2O3S. The summed E-state index contributed by atoms with van der Waals surface area (Å²) in [6.45, 7) is 0.507. The molecule has 0 amide bonds. The van der Waals surface area contributed by atoms with Gasteiger partial charge in [-0.1, -0.05) is 12.1 Å². The first kappa shape index (κ1) is 14.0. The third kappa shape index (κ3) is 3.32. The molecule has 1 heterocycles. The number of nitrogens with zero attached hydrogens (tertiary/aromatic N) is 2. The molecule has 0 radical (unpaired) electrons. The van der Waals surface area contributed by atoms with Gasteiger partial charge in [-0.2, -0.15) is 5.26 Å². The van der Waals surface area contributed by atoms with E-state index in [1.807, 2.05) is 11.0 Å². The maximum atomic E-state index is 11.5. The average Bonchev–Trinajstić information content (AvgIpc) is 2.63. The Morgan fingerprint density at radius 1 is 1.47 bits per heavy atom. The minimum absolute atomic E-state index is 0.0113. The van der Waals surface area contributed by atoms with Crippen molar-refractivity contribution >= 4 is 9.84 Å². The predicted octanol–water partition coefficient (Wildman–Crippen LogP) is 0.148. The summed E-state index contributed by atoms with van der Waals surface area (Å²) in [6.07, 6.45) is -0.839. The quantitative estimate of drug-likeness (QED) is 0.852. The molecule has 1 aromatic carbocycles. The van der Waals surface area contributed by atoms with E-state index in [1.54, 1.807) is 25.2 Å². The van der Waals surface area contributed by atoms with Gasteiger partial charge < -0.3 is 5.11 Å². The SMILES string of the molecule is CN(Cc1cccc(C#N)c1)C1CS(=O)(=O)CC1O. The number of rotatable bonds is 3. The molecule has 2 atom stereocenters. The van der Waals surface area contributed by atoms with Crippen LogP contribution in [0.4, 0.5) is 0 Å². The Hall–Kier alpha value is -1.42. The van der Waals surface area contributed by atoms with Gasteiger partial charge in [-0.3, -0.25) is 4.90 Å². The summed E-state index contributed by atoms with van der Waals surface area (Å²) in [4.78, 5) is 1.83. The van der Waals surface area contributed by atoms with Crippen LogP contribution < -0.4 is 0 Å². The fourth-order valence-electron chi connectivity index (χ4n) is 2.38. The van der Waals surface area contributed by atoms with Crippen LogP contribution in [0.25, 0.3) is 0 Å². The largest absolute Gasteiger partial charge is 0.390 e. The highest BCUT2D eigenvalue weighted by molar-refractivity contribution is 7.91. The van der Waals surface area contributed by atoms with Crippen LogP contribution in [0.5, 0.6) is 0 Å². The fraction of sp³-hybridized carbons (Fsp3) is 0.462. The van der Waals surface area contributed by atoms with Crippen molar-refractivity contribution in [2.45, 2.75) is 18.7 Å². The highest BCUT2D eigenvalue weighted by atomic mass is 32.2. The molecule has 0 spiro atoms. The van der Waals surface area contributed by atoms with Crippen molar-refractivity contribution < 1.29 is 13.5 Å². The Morgan fingerprint density at radius 3 is 2.79 bits per heavy atom. The Labute approximate surface area is 113 Å². The van der Waals surface area contributed by atoms with Gasteiger partial charge in [-0.25, -0.2) is 8.42 Å². The van der Waals surface area contributed by atoms with Gasteiger partial charge >= 0.3 is 0 Å². The number of sulfone groups is 1. The highest BCUT2D eigenvalue weighted by Crippen LogP contribution is 2.19. The van der Waals surface area contributed by atoms with E-state index in [4.69, 9.17) is 5.26 Å². The first-order chi connectivity index (χ1) is 8.91. The van der Waals surface area contributed by atoms with Gasteiger partial charge in [0.2, 0.25) is 0 Å². The molecule has 5 nitrogen and oxygen atoms in total. The van der Waals surface area contributed by atoms with Crippen LogP contribution >= 0.6 is 0 Å².